The van der Waals surface area contributed by atoms with Gasteiger partial charge in [-0.25, -0.2) is 0 Å². The van der Waals surface area contributed by atoms with Gasteiger partial charge in [0.25, 0.3) is 0 Å². The molecule has 1 N–H and O–H groups in total. The fourth-order valence-electron chi connectivity index (χ4n) is 1.32. The summed E-state index contributed by atoms with van der Waals surface area (Å²) in [6, 6.07) is 0. The van der Waals surface area contributed by atoms with Gasteiger partial charge in [0.05, 0.1) is 12.0 Å². The molecule has 0 radical (unpaired) electrons. The maximum Gasteiger partial charge on any atom is 0.308 e. The average molecular weight is 244 g/mol. The second-order valence-corrected chi connectivity index (χ2v) is 6.49. The van der Waals surface area contributed by atoms with Gasteiger partial charge in [0.2, 0.25) is 0 Å². The van der Waals surface area contributed by atoms with Crippen molar-refractivity contribution in [1.29, 1.82) is 0 Å². The first kappa shape index (κ1) is 16.4. The van der Waals surface area contributed by atoms with Crippen molar-refractivity contribution in [2.45, 2.75) is 67.1 Å². The highest BCUT2D eigenvalue weighted by Gasteiger charge is 2.29. The van der Waals surface area contributed by atoms with Gasteiger partial charge in [0.1, 0.15) is 6.10 Å². The molecule has 0 saturated heterocycles. The number of esters is 1. The van der Waals surface area contributed by atoms with E-state index in [1.54, 1.807) is 0 Å². The standard InChI is InChI=1S/C14H28O3/c1-9(2)11(17-13(16)10(3)4)8-12(15)14(5,6)7/h9-12,15H,8H2,1-7H3/t11-,12-/m0/s1. The van der Waals surface area contributed by atoms with Gasteiger partial charge in [0.15, 0.2) is 0 Å². The minimum Gasteiger partial charge on any atom is -0.462 e. The van der Waals surface area contributed by atoms with Crippen LogP contribution in [0, 0.1) is 17.3 Å². The maximum atomic E-state index is 11.6. The van der Waals surface area contributed by atoms with E-state index in [-0.39, 0.29) is 29.3 Å². The second-order valence-electron chi connectivity index (χ2n) is 6.49. The summed E-state index contributed by atoms with van der Waals surface area (Å²) in [7, 11) is 0. The minimum atomic E-state index is -0.463. The lowest BCUT2D eigenvalue weighted by Crippen LogP contribution is -2.35. The Morgan fingerprint density at radius 2 is 1.65 bits per heavy atom. The topological polar surface area (TPSA) is 46.5 Å². The molecule has 0 bridgehead atoms. The van der Waals surface area contributed by atoms with Crippen LogP contribution in [0.1, 0.15) is 54.9 Å². The van der Waals surface area contributed by atoms with Crippen LogP contribution in [0.15, 0.2) is 0 Å². The normalized spacial score (nSPS) is 16.1. The molecule has 0 heterocycles. The fraction of sp³-hybridized carbons (Fsp3) is 0.929. The molecule has 0 aliphatic heterocycles. The first-order chi connectivity index (χ1) is 7.55. The Morgan fingerprint density at radius 3 is 1.94 bits per heavy atom. The van der Waals surface area contributed by atoms with Crippen LogP contribution in [-0.2, 0) is 9.53 Å². The Labute approximate surface area is 106 Å². The summed E-state index contributed by atoms with van der Waals surface area (Å²) < 4.78 is 5.44. The maximum absolute atomic E-state index is 11.6. The molecule has 0 amide bonds. The first-order valence-corrected chi connectivity index (χ1v) is 6.44. The van der Waals surface area contributed by atoms with Crippen molar-refractivity contribution in [2.75, 3.05) is 0 Å². The number of rotatable bonds is 5. The Morgan fingerprint density at radius 1 is 1.18 bits per heavy atom. The molecule has 17 heavy (non-hydrogen) atoms. The van der Waals surface area contributed by atoms with E-state index in [0.29, 0.717) is 6.42 Å². The highest BCUT2D eigenvalue weighted by atomic mass is 16.5. The number of hydrogen-bond acceptors (Lipinski definition) is 3. The van der Waals surface area contributed by atoms with Crippen LogP contribution in [0.2, 0.25) is 0 Å². The van der Waals surface area contributed by atoms with Gasteiger partial charge in [-0.3, -0.25) is 4.79 Å². The van der Waals surface area contributed by atoms with E-state index in [9.17, 15) is 9.90 Å². The molecule has 0 aromatic carbocycles. The quantitative estimate of drug-likeness (QED) is 0.756. The average Bonchev–Trinajstić information content (AvgIpc) is 2.14. The zero-order valence-corrected chi connectivity index (χ0v) is 12.3. The highest BCUT2D eigenvalue weighted by Crippen LogP contribution is 2.26. The van der Waals surface area contributed by atoms with Crippen molar-refractivity contribution >= 4 is 5.97 Å². The molecule has 0 rings (SSSR count). The molecule has 0 spiro atoms. The van der Waals surface area contributed by atoms with Crippen LogP contribution in [0.25, 0.3) is 0 Å². The van der Waals surface area contributed by atoms with Crippen LogP contribution in [0.3, 0.4) is 0 Å². The third-order valence-corrected chi connectivity index (χ3v) is 2.94. The largest absolute Gasteiger partial charge is 0.462 e. The molecule has 3 heteroatoms. The molecule has 0 unspecified atom stereocenters. The van der Waals surface area contributed by atoms with Crippen molar-refractivity contribution < 1.29 is 14.6 Å². The Balaban J connectivity index is 4.51. The van der Waals surface area contributed by atoms with Crippen molar-refractivity contribution in [3.05, 3.63) is 0 Å². The summed E-state index contributed by atoms with van der Waals surface area (Å²) in [5.74, 6) is -0.0949. The molecule has 0 aromatic rings. The predicted molar refractivity (Wildman–Crippen MR) is 69.6 cm³/mol. The summed E-state index contributed by atoms with van der Waals surface area (Å²) in [6.07, 6.45) is -0.173. The van der Waals surface area contributed by atoms with Crippen molar-refractivity contribution in [2.24, 2.45) is 17.3 Å². The number of aliphatic hydroxyl groups excluding tert-OH is 1. The minimum absolute atomic E-state index is 0.122. The number of carbonyl (C=O) groups excluding carboxylic acids is 1. The fourth-order valence-corrected chi connectivity index (χ4v) is 1.32. The SMILES string of the molecule is CC(C)C(=O)O[C@@H](C[C@H](O)C(C)(C)C)C(C)C. The van der Waals surface area contributed by atoms with E-state index in [1.165, 1.54) is 0 Å². The molecule has 3 nitrogen and oxygen atoms in total. The summed E-state index contributed by atoms with van der Waals surface area (Å²) in [6.45, 7) is 13.6. The molecule has 0 fully saturated rings. The number of aliphatic hydroxyl groups is 1. The zero-order chi connectivity index (χ0) is 13.8. The monoisotopic (exact) mass is 244 g/mol. The van der Waals surface area contributed by atoms with E-state index in [4.69, 9.17) is 4.74 Å². The van der Waals surface area contributed by atoms with E-state index in [2.05, 4.69) is 0 Å². The molecule has 0 saturated carbocycles. The number of hydrogen-bond donors (Lipinski definition) is 1. The van der Waals surface area contributed by atoms with Crippen LogP contribution in [0.4, 0.5) is 0 Å². The smallest absolute Gasteiger partial charge is 0.308 e. The molecule has 102 valence electrons. The van der Waals surface area contributed by atoms with E-state index >= 15 is 0 Å². The van der Waals surface area contributed by atoms with Gasteiger partial charge in [0, 0.05) is 6.42 Å². The van der Waals surface area contributed by atoms with Crippen molar-refractivity contribution in [3.8, 4) is 0 Å². The predicted octanol–water partition coefficient (Wildman–Crippen LogP) is 3.01. The van der Waals surface area contributed by atoms with Crippen LogP contribution in [0.5, 0.6) is 0 Å². The molecular weight excluding hydrogens is 216 g/mol. The number of ether oxygens (including phenoxy) is 1. The van der Waals surface area contributed by atoms with Gasteiger partial charge in [-0.1, -0.05) is 48.5 Å². The summed E-state index contributed by atoms with van der Waals surface area (Å²) >= 11 is 0. The molecule has 0 aromatic heterocycles. The van der Waals surface area contributed by atoms with Crippen LogP contribution >= 0.6 is 0 Å². The number of carbonyl (C=O) groups is 1. The van der Waals surface area contributed by atoms with Gasteiger partial charge in [-0.15, -0.1) is 0 Å². The summed E-state index contributed by atoms with van der Waals surface area (Å²) in [5, 5.41) is 10.1. The summed E-state index contributed by atoms with van der Waals surface area (Å²) in [5.41, 5.74) is -0.183. The van der Waals surface area contributed by atoms with Gasteiger partial charge < -0.3 is 9.84 Å². The molecule has 2 atom stereocenters. The second kappa shape index (κ2) is 6.39. The lowest BCUT2D eigenvalue weighted by Gasteiger charge is -2.31. The first-order valence-electron chi connectivity index (χ1n) is 6.44. The molecule has 0 aliphatic rings. The Hall–Kier alpha value is -0.570. The van der Waals surface area contributed by atoms with E-state index in [1.807, 2.05) is 48.5 Å². The Bertz CT molecular complexity index is 238. The highest BCUT2D eigenvalue weighted by molar-refractivity contribution is 5.71. The third kappa shape index (κ3) is 6.06. The van der Waals surface area contributed by atoms with E-state index in [0.717, 1.165) is 0 Å². The van der Waals surface area contributed by atoms with Gasteiger partial charge in [-0.05, 0) is 11.3 Å². The van der Waals surface area contributed by atoms with Crippen LogP contribution < -0.4 is 0 Å². The van der Waals surface area contributed by atoms with Gasteiger partial charge in [-0.2, -0.15) is 0 Å². The lowest BCUT2D eigenvalue weighted by molar-refractivity contribution is -0.157. The third-order valence-electron chi connectivity index (χ3n) is 2.94. The van der Waals surface area contributed by atoms with E-state index < -0.39 is 6.10 Å². The molecular formula is C14H28O3. The summed E-state index contributed by atoms with van der Waals surface area (Å²) in [4.78, 5) is 11.6. The lowest BCUT2D eigenvalue weighted by atomic mass is 9.84. The van der Waals surface area contributed by atoms with Crippen LogP contribution in [-0.4, -0.2) is 23.3 Å². The van der Waals surface area contributed by atoms with Gasteiger partial charge >= 0.3 is 5.97 Å². The molecule has 0 aliphatic carbocycles. The Kier molecular flexibility index (Phi) is 6.17. The van der Waals surface area contributed by atoms with Crippen molar-refractivity contribution in [3.63, 3.8) is 0 Å². The van der Waals surface area contributed by atoms with Crippen molar-refractivity contribution in [1.82, 2.24) is 0 Å². The zero-order valence-electron chi connectivity index (χ0n) is 12.3.